The van der Waals surface area contributed by atoms with Crippen LogP contribution in [-0.2, 0) is 4.79 Å². The molecule has 150 valence electrons. The zero-order valence-corrected chi connectivity index (χ0v) is 16.7. The maximum atomic E-state index is 12.7. The molecule has 0 saturated carbocycles. The van der Waals surface area contributed by atoms with Crippen LogP contribution in [0.25, 0.3) is 22.2 Å². The van der Waals surface area contributed by atoms with Crippen molar-refractivity contribution in [2.45, 2.75) is 12.8 Å². The number of aromatic hydroxyl groups is 1. The number of hydrogen-bond acceptors (Lipinski definition) is 5. The van der Waals surface area contributed by atoms with Gasteiger partial charge in [0.2, 0.25) is 5.91 Å². The highest BCUT2D eigenvalue weighted by molar-refractivity contribution is 5.96. The van der Waals surface area contributed by atoms with Gasteiger partial charge in [0, 0.05) is 5.56 Å². The van der Waals surface area contributed by atoms with Crippen LogP contribution in [-0.4, -0.2) is 28.1 Å². The van der Waals surface area contributed by atoms with Gasteiger partial charge in [0.25, 0.3) is 0 Å². The summed E-state index contributed by atoms with van der Waals surface area (Å²) in [6.07, 6.45) is 3.12. The number of anilines is 1. The quantitative estimate of drug-likeness (QED) is 0.506. The van der Waals surface area contributed by atoms with E-state index in [1.807, 2.05) is 49.4 Å². The maximum absolute atomic E-state index is 12.7. The van der Waals surface area contributed by atoms with E-state index in [2.05, 4.69) is 15.3 Å². The van der Waals surface area contributed by atoms with Crippen LogP contribution >= 0.6 is 0 Å². The number of benzene rings is 3. The van der Waals surface area contributed by atoms with Crippen LogP contribution in [0.15, 0.2) is 73.1 Å². The molecule has 0 spiro atoms. The number of aromatic nitrogens is 2. The largest absolute Gasteiger partial charge is 0.508 e. The third kappa shape index (κ3) is 4.07. The van der Waals surface area contributed by atoms with E-state index >= 15 is 0 Å². The highest BCUT2D eigenvalue weighted by Crippen LogP contribution is 2.26. The monoisotopic (exact) mass is 399 g/mol. The highest BCUT2D eigenvalue weighted by Gasteiger charge is 2.16. The molecule has 1 atom stereocenters. The van der Waals surface area contributed by atoms with E-state index in [1.54, 1.807) is 37.7 Å². The first kappa shape index (κ1) is 19.4. The molecule has 1 aromatic heterocycles. The number of phenolic OH excluding ortho intramolecular Hbond substituents is 1. The van der Waals surface area contributed by atoms with Crippen LogP contribution in [0, 0.1) is 0 Å². The molecule has 0 saturated heterocycles. The smallest absolute Gasteiger partial charge is 0.231 e. The van der Waals surface area contributed by atoms with Crippen molar-refractivity contribution in [3.63, 3.8) is 0 Å². The minimum atomic E-state index is -0.345. The van der Waals surface area contributed by atoms with Gasteiger partial charge in [-0.1, -0.05) is 36.4 Å². The number of phenols is 1. The average Bonchev–Trinajstić information content (AvgIpc) is 2.78. The summed E-state index contributed by atoms with van der Waals surface area (Å²) < 4.78 is 5.26. The molecular weight excluding hydrogens is 378 g/mol. The standard InChI is InChI=1S/C24H21N3O3/c1-15(16-6-7-18-12-22(30-2)9-8-17(18)10-16)24(29)27-20-13-25-23(26-14-20)19-4-3-5-21(28)11-19/h3-15,28H,1-2H3,(H,27,29)/t15-/m0/s1. The molecule has 0 aliphatic heterocycles. The van der Waals surface area contributed by atoms with Crippen molar-refractivity contribution in [2.75, 3.05) is 12.4 Å². The van der Waals surface area contributed by atoms with E-state index in [0.29, 0.717) is 17.1 Å². The van der Waals surface area contributed by atoms with Gasteiger partial charge in [0.15, 0.2) is 5.82 Å². The van der Waals surface area contributed by atoms with Gasteiger partial charge in [0.05, 0.1) is 31.1 Å². The van der Waals surface area contributed by atoms with E-state index in [9.17, 15) is 9.90 Å². The minimum absolute atomic E-state index is 0.142. The zero-order valence-electron chi connectivity index (χ0n) is 16.7. The second-order valence-corrected chi connectivity index (χ2v) is 7.03. The molecule has 1 amide bonds. The molecule has 0 unspecified atom stereocenters. The molecular formula is C24H21N3O3. The van der Waals surface area contributed by atoms with Crippen molar-refractivity contribution in [1.29, 1.82) is 0 Å². The molecule has 0 bridgehead atoms. The van der Waals surface area contributed by atoms with Crippen LogP contribution in [0.4, 0.5) is 5.69 Å². The summed E-state index contributed by atoms with van der Waals surface area (Å²) in [7, 11) is 1.64. The summed E-state index contributed by atoms with van der Waals surface area (Å²) in [5, 5.41) is 14.6. The lowest BCUT2D eigenvalue weighted by Gasteiger charge is -2.13. The number of rotatable bonds is 5. The van der Waals surface area contributed by atoms with E-state index < -0.39 is 0 Å². The van der Waals surface area contributed by atoms with Crippen molar-refractivity contribution in [2.24, 2.45) is 0 Å². The molecule has 1 heterocycles. The van der Waals surface area contributed by atoms with Crippen LogP contribution in [0.3, 0.4) is 0 Å². The Kier molecular flexibility index (Phi) is 5.30. The molecule has 6 nitrogen and oxygen atoms in total. The van der Waals surface area contributed by atoms with Gasteiger partial charge < -0.3 is 15.2 Å². The third-order valence-electron chi connectivity index (χ3n) is 4.99. The van der Waals surface area contributed by atoms with Gasteiger partial charge >= 0.3 is 0 Å². The second kappa shape index (κ2) is 8.21. The number of nitrogens with one attached hydrogen (secondary N) is 1. The normalized spacial score (nSPS) is 11.8. The topological polar surface area (TPSA) is 84.3 Å². The Balaban J connectivity index is 1.48. The second-order valence-electron chi connectivity index (χ2n) is 7.03. The number of fused-ring (bicyclic) bond motifs is 1. The summed E-state index contributed by atoms with van der Waals surface area (Å²) in [4.78, 5) is 21.3. The fraction of sp³-hybridized carbons (Fsp3) is 0.125. The molecule has 0 aliphatic rings. The number of nitrogens with zero attached hydrogens (tertiary/aromatic N) is 2. The average molecular weight is 399 g/mol. The summed E-state index contributed by atoms with van der Waals surface area (Å²) in [5.41, 5.74) is 2.14. The Bertz CT molecular complexity index is 1210. The zero-order chi connectivity index (χ0) is 21.1. The molecule has 4 aromatic rings. The van der Waals surface area contributed by atoms with Crippen molar-refractivity contribution >= 4 is 22.4 Å². The highest BCUT2D eigenvalue weighted by atomic mass is 16.5. The molecule has 0 fully saturated rings. The van der Waals surface area contributed by atoms with Gasteiger partial charge in [-0.2, -0.15) is 0 Å². The maximum Gasteiger partial charge on any atom is 0.231 e. The van der Waals surface area contributed by atoms with Gasteiger partial charge in [-0.05, 0) is 47.5 Å². The fourth-order valence-corrected chi connectivity index (χ4v) is 3.23. The van der Waals surface area contributed by atoms with E-state index in [1.165, 1.54) is 0 Å². The first-order chi connectivity index (χ1) is 14.5. The summed E-state index contributed by atoms with van der Waals surface area (Å²) >= 11 is 0. The van der Waals surface area contributed by atoms with Crippen molar-refractivity contribution < 1.29 is 14.6 Å². The summed E-state index contributed by atoms with van der Waals surface area (Å²) in [5.74, 6) is 0.937. The number of ether oxygens (including phenoxy) is 1. The Hall–Kier alpha value is -3.93. The van der Waals surface area contributed by atoms with Crippen LogP contribution in [0.5, 0.6) is 11.5 Å². The molecule has 0 radical (unpaired) electrons. The van der Waals surface area contributed by atoms with Gasteiger partial charge in [0.1, 0.15) is 11.5 Å². The van der Waals surface area contributed by atoms with Crippen molar-refractivity contribution in [3.05, 3.63) is 78.6 Å². The van der Waals surface area contributed by atoms with Crippen LogP contribution in [0.2, 0.25) is 0 Å². The number of hydrogen-bond donors (Lipinski definition) is 2. The number of amides is 1. The van der Waals surface area contributed by atoms with Gasteiger partial charge in [-0.3, -0.25) is 4.79 Å². The Morgan fingerprint density at radius 2 is 1.73 bits per heavy atom. The Morgan fingerprint density at radius 1 is 1.00 bits per heavy atom. The number of carbonyl (C=O) groups is 1. The first-order valence-corrected chi connectivity index (χ1v) is 9.53. The lowest BCUT2D eigenvalue weighted by atomic mass is 9.97. The molecule has 4 rings (SSSR count). The van der Waals surface area contributed by atoms with E-state index in [0.717, 1.165) is 22.1 Å². The molecule has 30 heavy (non-hydrogen) atoms. The molecule has 6 heteroatoms. The fourth-order valence-electron chi connectivity index (χ4n) is 3.23. The lowest BCUT2D eigenvalue weighted by molar-refractivity contribution is -0.117. The lowest BCUT2D eigenvalue weighted by Crippen LogP contribution is -2.19. The predicted octanol–water partition coefficient (Wildman–Crippen LogP) is 4.75. The Morgan fingerprint density at radius 3 is 2.47 bits per heavy atom. The number of carbonyl (C=O) groups excluding carboxylic acids is 1. The van der Waals surface area contributed by atoms with Crippen LogP contribution < -0.4 is 10.1 Å². The van der Waals surface area contributed by atoms with Crippen molar-refractivity contribution in [3.8, 4) is 22.9 Å². The van der Waals surface area contributed by atoms with E-state index in [-0.39, 0.29) is 17.6 Å². The van der Waals surface area contributed by atoms with Crippen LogP contribution in [0.1, 0.15) is 18.4 Å². The predicted molar refractivity (Wildman–Crippen MR) is 117 cm³/mol. The molecule has 2 N–H and O–H groups in total. The van der Waals surface area contributed by atoms with Crippen molar-refractivity contribution in [1.82, 2.24) is 9.97 Å². The first-order valence-electron chi connectivity index (χ1n) is 9.53. The van der Waals surface area contributed by atoms with E-state index in [4.69, 9.17) is 4.74 Å². The molecule has 3 aromatic carbocycles. The number of methoxy groups -OCH3 is 1. The van der Waals surface area contributed by atoms with Gasteiger partial charge in [-0.25, -0.2) is 9.97 Å². The summed E-state index contributed by atoms with van der Waals surface area (Å²) in [6.45, 7) is 1.86. The molecule has 0 aliphatic carbocycles. The summed E-state index contributed by atoms with van der Waals surface area (Å²) in [6, 6.07) is 18.5. The van der Waals surface area contributed by atoms with Gasteiger partial charge in [-0.15, -0.1) is 0 Å². The Labute approximate surface area is 174 Å². The third-order valence-corrected chi connectivity index (χ3v) is 4.99. The SMILES string of the molecule is COc1ccc2cc([C@H](C)C(=O)Nc3cnc(-c4cccc(O)c4)nc3)ccc2c1. The minimum Gasteiger partial charge on any atom is -0.508 e.